The summed E-state index contributed by atoms with van der Waals surface area (Å²) >= 11 is 0. The number of aryl methyl sites for hydroxylation is 1. The molecule has 2 aromatic carbocycles. The highest BCUT2D eigenvalue weighted by molar-refractivity contribution is 5.97. The number of aromatic hydroxyl groups is 1. The topological polar surface area (TPSA) is 75.4 Å². The Bertz CT molecular complexity index is 592. The first-order valence-corrected chi connectivity index (χ1v) is 5.99. The van der Waals surface area contributed by atoms with E-state index in [0.29, 0.717) is 17.8 Å². The molecule has 0 atom stereocenters. The number of nitrogens with one attached hydrogen (secondary N) is 1. The van der Waals surface area contributed by atoms with Crippen LogP contribution in [-0.2, 0) is 6.54 Å². The molecular weight excluding hydrogens is 240 g/mol. The van der Waals surface area contributed by atoms with Crippen LogP contribution in [-0.4, -0.2) is 11.0 Å². The minimum absolute atomic E-state index is 0.0253. The highest BCUT2D eigenvalue weighted by atomic mass is 16.3. The second-order valence-corrected chi connectivity index (χ2v) is 4.40. The fraction of sp³-hybridized carbons (Fsp3) is 0.133. The Kier molecular flexibility index (Phi) is 3.71. The first-order chi connectivity index (χ1) is 9.08. The van der Waals surface area contributed by atoms with Crippen molar-refractivity contribution in [2.75, 3.05) is 5.73 Å². The van der Waals surface area contributed by atoms with Crippen molar-refractivity contribution in [1.29, 1.82) is 0 Å². The SMILES string of the molecule is Cc1cccc(C(=O)NCc2ccc(N)cc2)c1O. The molecule has 4 heteroatoms. The molecule has 19 heavy (non-hydrogen) atoms. The number of hydrogen-bond donors (Lipinski definition) is 3. The van der Waals surface area contributed by atoms with Gasteiger partial charge in [-0.05, 0) is 36.2 Å². The fourth-order valence-electron chi connectivity index (χ4n) is 1.76. The number of nitrogen functional groups attached to an aromatic ring is 1. The van der Waals surface area contributed by atoms with Crippen LogP contribution in [0.1, 0.15) is 21.5 Å². The molecule has 0 aliphatic heterocycles. The molecule has 4 N–H and O–H groups in total. The standard InChI is InChI=1S/C15H16N2O2/c1-10-3-2-4-13(14(10)18)15(19)17-9-11-5-7-12(16)8-6-11/h2-8,18H,9,16H2,1H3,(H,17,19). The monoisotopic (exact) mass is 256 g/mol. The number of phenolic OH excluding ortho intramolecular Hbond substituents is 1. The van der Waals surface area contributed by atoms with Gasteiger partial charge in [0.25, 0.3) is 5.91 Å². The normalized spacial score (nSPS) is 10.2. The molecule has 0 saturated carbocycles. The van der Waals surface area contributed by atoms with Crippen molar-refractivity contribution in [3.8, 4) is 5.75 Å². The minimum Gasteiger partial charge on any atom is -0.507 e. The summed E-state index contributed by atoms with van der Waals surface area (Å²) in [6.07, 6.45) is 0. The van der Waals surface area contributed by atoms with E-state index in [9.17, 15) is 9.90 Å². The van der Waals surface area contributed by atoms with Gasteiger partial charge in [0.2, 0.25) is 0 Å². The fourth-order valence-corrected chi connectivity index (χ4v) is 1.76. The van der Waals surface area contributed by atoms with E-state index in [4.69, 9.17) is 5.73 Å². The van der Waals surface area contributed by atoms with Crippen LogP contribution in [0, 0.1) is 6.92 Å². The number of para-hydroxylation sites is 1. The van der Waals surface area contributed by atoms with Crippen LogP contribution in [0.5, 0.6) is 5.75 Å². The summed E-state index contributed by atoms with van der Waals surface area (Å²) < 4.78 is 0. The van der Waals surface area contributed by atoms with Crippen molar-refractivity contribution >= 4 is 11.6 Å². The number of carbonyl (C=O) groups excluding carboxylic acids is 1. The molecular formula is C15H16N2O2. The molecule has 0 unspecified atom stereocenters. The van der Waals surface area contributed by atoms with E-state index >= 15 is 0 Å². The number of phenols is 1. The number of hydrogen-bond acceptors (Lipinski definition) is 3. The summed E-state index contributed by atoms with van der Waals surface area (Å²) in [6, 6.07) is 12.4. The van der Waals surface area contributed by atoms with Gasteiger partial charge in [-0.1, -0.05) is 24.3 Å². The van der Waals surface area contributed by atoms with Crippen molar-refractivity contribution in [1.82, 2.24) is 5.32 Å². The van der Waals surface area contributed by atoms with E-state index in [1.165, 1.54) is 0 Å². The second-order valence-electron chi connectivity index (χ2n) is 4.40. The average molecular weight is 256 g/mol. The molecule has 4 nitrogen and oxygen atoms in total. The number of benzene rings is 2. The Morgan fingerprint density at radius 2 is 1.89 bits per heavy atom. The molecule has 0 aliphatic carbocycles. The molecule has 0 bridgehead atoms. The van der Waals surface area contributed by atoms with Gasteiger partial charge in [0.15, 0.2) is 0 Å². The Labute approximate surface area is 111 Å². The summed E-state index contributed by atoms with van der Waals surface area (Å²) in [5, 5.41) is 12.6. The van der Waals surface area contributed by atoms with Crippen molar-refractivity contribution in [2.24, 2.45) is 0 Å². The van der Waals surface area contributed by atoms with Gasteiger partial charge in [-0.2, -0.15) is 0 Å². The summed E-state index contributed by atoms with van der Waals surface area (Å²) in [5.41, 5.74) is 8.20. The van der Waals surface area contributed by atoms with Gasteiger partial charge in [-0.3, -0.25) is 4.79 Å². The molecule has 1 amide bonds. The van der Waals surface area contributed by atoms with Gasteiger partial charge in [-0.25, -0.2) is 0 Å². The Morgan fingerprint density at radius 3 is 2.58 bits per heavy atom. The number of carbonyl (C=O) groups is 1. The number of rotatable bonds is 3. The van der Waals surface area contributed by atoms with E-state index in [1.807, 2.05) is 12.1 Å². The predicted molar refractivity (Wildman–Crippen MR) is 74.9 cm³/mol. The van der Waals surface area contributed by atoms with Gasteiger partial charge in [0.1, 0.15) is 5.75 Å². The van der Waals surface area contributed by atoms with Gasteiger partial charge >= 0.3 is 0 Å². The third-order valence-electron chi connectivity index (χ3n) is 2.92. The van der Waals surface area contributed by atoms with E-state index in [1.54, 1.807) is 37.3 Å². The lowest BCUT2D eigenvalue weighted by Crippen LogP contribution is -2.23. The molecule has 2 aromatic rings. The van der Waals surface area contributed by atoms with Crippen molar-refractivity contribution in [3.63, 3.8) is 0 Å². The lowest BCUT2D eigenvalue weighted by molar-refractivity contribution is 0.0948. The molecule has 0 spiro atoms. The molecule has 0 heterocycles. The van der Waals surface area contributed by atoms with Crippen LogP contribution in [0.3, 0.4) is 0 Å². The van der Waals surface area contributed by atoms with E-state index < -0.39 is 0 Å². The minimum atomic E-state index is -0.293. The first-order valence-electron chi connectivity index (χ1n) is 5.99. The smallest absolute Gasteiger partial charge is 0.255 e. The van der Waals surface area contributed by atoms with Gasteiger partial charge in [-0.15, -0.1) is 0 Å². The van der Waals surface area contributed by atoms with E-state index in [2.05, 4.69) is 5.32 Å². The molecule has 0 aromatic heterocycles. The summed E-state index contributed by atoms with van der Waals surface area (Å²) in [6.45, 7) is 2.15. The zero-order chi connectivity index (χ0) is 13.8. The van der Waals surface area contributed by atoms with Crippen molar-refractivity contribution < 1.29 is 9.90 Å². The summed E-state index contributed by atoms with van der Waals surface area (Å²) in [5.74, 6) is -0.268. The quantitative estimate of drug-likeness (QED) is 0.737. The number of nitrogens with two attached hydrogens (primary N) is 1. The van der Waals surface area contributed by atoms with Crippen LogP contribution >= 0.6 is 0 Å². The number of anilines is 1. The lowest BCUT2D eigenvalue weighted by Gasteiger charge is -2.08. The largest absolute Gasteiger partial charge is 0.507 e. The van der Waals surface area contributed by atoms with Crippen LogP contribution in [0.15, 0.2) is 42.5 Å². The van der Waals surface area contributed by atoms with Gasteiger partial charge in [0.05, 0.1) is 5.56 Å². The highest BCUT2D eigenvalue weighted by Crippen LogP contribution is 2.21. The van der Waals surface area contributed by atoms with Gasteiger partial charge in [0, 0.05) is 12.2 Å². The third-order valence-corrected chi connectivity index (χ3v) is 2.92. The maximum Gasteiger partial charge on any atom is 0.255 e. The lowest BCUT2D eigenvalue weighted by atomic mass is 10.1. The van der Waals surface area contributed by atoms with Crippen LogP contribution in [0.2, 0.25) is 0 Å². The van der Waals surface area contributed by atoms with Crippen molar-refractivity contribution in [2.45, 2.75) is 13.5 Å². The van der Waals surface area contributed by atoms with Crippen LogP contribution < -0.4 is 11.1 Å². The third kappa shape index (κ3) is 3.04. The Hall–Kier alpha value is -2.49. The highest BCUT2D eigenvalue weighted by Gasteiger charge is 2.11. The molecule has 0 saturated heterocycles. The summed E-state index contributed by atoms with van der Waals surface area (Å²) in [4.78, 5) is 12.0. The second kappa shape index (κ2) is 5.44. The molecule has 2 rings (SSSR count). The zero-order valence-corrected chi connectivity index (χ0v) is 10.7. The van der Waals surface area contributed by atoms with Gasteiger partial charge < -0.3 is 16.2 Å². The first kappa shape index (κ1) is 13.0. The average Bonchev–Trinajstić information content (AvgIpc) is 2.41. The molecule has 0 aliphatic rings. The maximum absolute atomic E-state index is 12.0. The molecule has 98 valence electrons. The molecule has 0 radical (unpaired) electrons. The van der Waals surface area contributed by atoms with E-state index in [-0.39, 0.29) is 17.2 Å². The number of amides is 1. The van der Waals surface area contributed by atoms with E-state index in [0.717, 1.165) is 5.56 Å². The predicted octanol–water partition coefficient (Wildman–Crippen LogP) is 2.21. The van der Waals surface area contributed by atoms with Crippen molar-refractivity contribution in [3.05, 3.63) is 59.2 Å². The van der Waals surface area contributed by atoms with Crippen LogP contribution in [0.4, 0.5) is 5.69 Å². The van der Waals surface area contributed by atoms with Crippen LogP contribution in [0.25, 0.3) is 0 Å². The zero-order valence-electron chi connectivity index (χ0n) is 10.7. The summed E-state index contributed by atoms with van der Waals surface area (Å²) in [7, 11) is 0. The Morgan fingerprint density at radius 1 is 1.21 bits per heavy atom. The maximum atomic E-state index is 12.0. The molecule has 0 fully saturated rings. The Balaban J connectivity index is 2.05.